The summed E-state index contributed by atoms with van der Waals surface area (Å²) >= 11 is 0. The zero-order valence-corrected chi connectivity index (χ0v) is 24.8. The molecule has 1 atom stereocenters. The maximum atomic E-state index is 11.2. The van der Waals surface area contributed by atoms with Crippen molar-refractivity contribution in [2.45, 2.75) is 78.7 Å². The van der Waals surface area contributed by atoms with E-state index in [1.54, 1.807) is 0 Å². The molecule has 0 radical (unpaired) electrons. The Bertz CT molecular complexity index is 1030. The van der Waals surface area contributed by atoms with E-state index in [2.05, 4.69) is 71.8 Å². The molecule has 0 amide bonds. The topological polar surface area (TPSA) is 54.1 Å². The van der Waals surface area contributed by atoms with Crippen molar-refractivity contribution < 1.29 is 18.0 Å². The number of phenols is 1. The van der Waals surface area contributed by atoms with E-state index < -0.39 is 25.2 Å². The third-order valence-electron chi connectivity index (χ3n) is 5.46. The summed E-state index contributed by atoms with van der Waals surface area (Å²) in [5, 5.41) is 16.0. The molecule has 5 nitrogen and oxygen atoms in total. The molecule has 0 spiro atoms. The van der Waals surface area contributed by atoms with Crippen LogP contribution >= 0.6 is 0 Å². The van der Waals surface area contributed by atoms with E-state index in [1.807, 2.05) is 29.0 Å². The molecule has 1 heterocycles. The van der Waals surface area contributed by atoms with Gasteiger partial charge in [-0.25, -0.2) is 0 Å². The summed E-state index contributed by atoms with van der Waals surface area (Å²) < 4.78 is 15.3. The van der Waals surface area contributed by atoms with Crippen LogP contribution in [0.15, 0.2) is 41.5 Å². The first-order chi connectivity index (χ1) is 15.1. The molecule has 1 aliphatic rings. The van der Waals surface area contributed by atoms with Crippen LogP contribution in [0.3, 0.4) is 0 Å². The van der Waals surface area contributed by atoms with Crippen molar-refractivity contribution in [2.75, 3.05) is 0 Å². The van der Waals surface area contributed by atoms with E-state index >= 15 is 0 Å². The van der Waals surface area contributed by atoms with E-state index in [0.29, 0.717) is 18.2 Å². The molecule has 180 valence electrons. The number of rotatable bonds is 9. The highest BCUT2D eigenvalue weighted by atomic mass is 28.5. The van der Waals surface area contributed by atoms with Crippen LogP contribution in [0.5, 0.6) is 5.75 Å². The quantitative estimate of drug-likeness (QED) is 0.284. The van der Waals surface area contributed by atoms with Gasteiger partial charge in [0.05, 0.1) is 5.56 Å². The van der Waals surface area contributed by atoms with Crippen molar-refractivity contribution in [3.63, 3.8) is 0 Å². The molecule has 0 aliphatic carbocycles. The Balaban J connectivity index is 1.83. The molecule has 3 rings (SSSR count). The lowest BCUT2D eigenvalue weighted by Crippen LogP contribution is -2.53. The predicted molar refractivity (Wildman–Crippen MR) is 143 cm³/mol. The van der Waals surface area contributed by atoms with Crippen LogP contribution in [0.2, 0.25) is 51.9 Å². The van der Waals surface area contributed by atoms with Gasteiger partial charge in [0.1, 0.15) is 5.69 Å². The highest BCUT2D eigenvalue weighted by Crippen LogP contribution is 2.39. The number of fused-ring (bicyclic) bond motifs is 1. The van der Waals surface area contributed by atoms with Gasteiger partial charge < -0.3 is 13.3 Å². The number of aryl methyl sites for hydroxylation is 1. The average Bonchev–Trinajstić information content (AvgIpc) is 3.04. The minimum absolute atomic E-state index is 0.336. The van der Waals surface area contributed by atoms with E-state index in [1.165, 1.54) is 5.56 Å². The molecule has 0 bridgehead atoms. The number of benzene rings is 2. The Morgan fingerprint density at radius 3 is 2.18 bits per heavy atom. The van der Waals surface area contributed by atoms with Crippen molar-refractivity contribution in [3.8, 4) is 5.75 Å². The zero-order chi connectivity index (χ0) is 24.6. The third-order valence-corrected chi connectivity index (χ3v) is 15.3. The summed E-state index contributed by atoms with van der Waals surface area (Å²) in [5.41, 5.74) is 5.04. The lowest BCUT2D eigenvalue weighted by molar-refractivity contribution is -0.517. The van der Waals surface area contributed by atoms with Gasteiger partial charge in [0, 0.05) is 16.7 Å². The van der Waals surface area contributed by atoms with Crippen molar-refractivity contribution in [2.24, 2.45) is 11.0 Å². The Morgan fingerprint density at radius 2 is 1.61 bits per heavy atom. The van der Waals surface area contributed by atoms with Gasteiger partial charge in [-0.2, -0.15) is 0 Å². The smallest absolute Gasteiger partial charge is 0.314 e. The molecule has 0 fully saturated rings. The fourth-order valence-corrected chi connectivity index (χ4v) is 17.9. The standard InChI is InChI=1S/C25H40N2O3Si3/c1-19-14-22(15-20(2)18-33(9,29-31(3,4)5)30-32(6,7)8)25(28)24(16-19)27-17-21-12-10-11-13-23(21)26-27/h10-14,16,20H,15,17-18H2,1-9H3/p+1. The Labute approximate surface area is 203 Å². The normalized spacial score (nSPS) is 15.4. The van der Waals surface area contributed by atoms with Crippen LogP contribution < -0.4 is 0 Å². The Kier molecular flexibility index (Phi) is 7.55. The first-order valence-electron chi connectivity index (χ1n) is 11.9. The second-order valence-electron chi connectivity index (χ2n) is 11.7. The van der Waals surface area contributed by atoms with Crippen molar-refractivity contribution >= 4 is 36.6 Å². The molecule has 0 saturated heterocycles. The Morgan fingerprint density at radius 1 is 1.00 bits per heavy atom. The van der Waals surface area contributed by atoms with Gasteiger partial charge in [-0.3, -0.25) is 0 Å². The molecule has 0 aromatic heterocycles. The molecular weight excluding hydrogens is 461 g/mol. The van der Waals surface area contributed by atoms with Crippen LogP contribution in [-0.2, 0) is 21.2 Å². The first kappa shape index (κ1) is 26.0. The van der Waals surface area contributed by atoms with Crippen molar-refractivity contribution in [3.05, 3.63) is 53.1 Å². The number of nitrogens with zero attached hydrogens (tertiary/aromatic N) is 2. The molecule has 0 saturated carbocycles. The molecule has 1 unspecified atom stereocenters. The van der Waals surface area contributed by atoms with Crippen molar-refractivity contribution in [1.29, 1.82) is 0 Å². The maximum Gasteiger partial charge on any atom is 0.314 e. The maximum absolute atomic E-state index is 11.2. The molecule has 1 N–H and O–H groups in total. The minimum atomic E-state index is -2.34. The van der Waals surface area contributed by atoms with Crippen LogP contribution in [0.4, 0.5) is 11.4 Å². The van der Waals surface area contributed by atoms with Crippen molar-refractivity contribution in [1.82, 2.24) is 0 Å². The fraction of sp³-hybridized carbons (Fsp3) is 0.520. The molecule has 2 aromatic rings. The third kappa shape index (κ3) is 7.19. The number of hydrogen-bond acceptors (Lipinski definition) is 4. The van der Waals surface area contributed by atoms with E-state index in [4.69, 9.17) is 13.3 Å². The minimum Gasteiger partial charge on any atom is -0.502 e. The SMILES string of the molecule is Cc1cc(CC(C)C[Si](C)(O[Si](C)(C)C)O[Si](C)(C)C)c(O)c([N+]2=Nc3ccccc3C2)c1. The lowest BCUT2D eigenvalue weighted by Gasteiger charge is -2.39. The van der Waals surface area contributed by atoms with E-state index in [9.17, 15) is 5.11 Å². The van der Waals surface area contributed by atoms with E-state index in [-0.39, 0.29) is 0 Å². The summed E-state index contributed by atoms with van der Waals surface area (Å²) in [6.07, 6.45) is 0.786. The molecule has 2 aromatic carbocycles. The fourth-order valence-electron chi connectivity index (χ4n) is 4.87. The van der Waals surface area contributed by atoms with Crippen LogP contribution in [-0.4, -0.2) is 35.0 Å². The van der Waals surface area contributed by atoms with Gasteiger partial charge in [-0.1, -0.05) is 35.9 Å². The van der Waals surface area contributed by atoms with Gasteiger partial charge in [0.25, 0.3) is 5.69 Å². The number of hydrogen-bond donors (Lipinski definition) is 1. The lowest BCUT2D eigenvalue weighted by atomic mass is 9.99. The van der Waals surface area contributed by atoms with Gasteiger partial charge >= 0.3 is 8.56 Å². The number of azo groups is 2. The largest absolute Gasteiger partial charge is 0.502 e. The summed E-state index contributed by atoms with van der Waals surface area (Å²) in [4.78, 5) is 0. The molecular formula is C25H41N2O3Si3+. The first-order valence-corrected chi connectivity index (χ1v) is 21.3. The molecule has 33 heavy (non-hydrogen) atoms. The van der Waals surface area contributed by atoms with E-state index in [0.717, 1.165) is 35.0 Å². The Hall–Kier alpha value is -1.59. The summed E-state index contributed by atoms with van der Waals surface area (Å²) in [6, 6.07) is 13.2. The predicted octanol–water partition coefficient (Wildman–Crippen LogP) is 7.60. The zero-order valence-electron chi connectivity index (χ0n) is 21.8. The second kappa shape index (κ2) is 9.58. The highest BCUT2D eigenvalue weighted by molar-refractivity contribution is 6.87. The molecule has 8 heteroatoms. The van der Waals surface area contributed by atoms with Gasteiger partial charge in [-0.05, 0) is 82.8 Å². The van der Waals surface area contributed by atoms with Crippen LogP contribution in [0, 0.1) is 12.8 Å². The van der Waals surface area contributed by atoms with Gasteiger partial charge in [-0.15, -0.1) is 0 Å². The molecule has 1 aliphatic heterocycles. The summed E-state index contributed by atoms with van der Waals surface area (Å²) in [6.45, 7) is 20.7. The summed E-state index contributed by atoms with van der Waals surface area (Å²) in [7, 11) is -5.81. The average molecular weight is 502 g/mol. The van der Waals surface area contributed by atoms with Crippen LogP contribution in [0.1, 0.15) is 23.6 Å². The van der Waals surface area contributed by atoms with Gasteiger partial charge in [0.15, 0.2) is 22.4 Å². The summed E-state index contributed by atoms with van der Waals surface area (Å²) in [5.74, 6) is 0.673. The number of aromatic hydroxyl groups is 1. The highest BCUT2D eigenvalue weighted by Gasteiger charge is 2.41. The van der Waals surface area contributed by atoms with Gasteiger partial charge in [0.2, 0.25) is 6.54 Å². The second-order valence-corrected chi connectivity index (χ2v) is 24.4. The van der Waals surface area contributed by atoms with Crippen LogP contribution in [0.25, 0.3) is 0 Å². The monoisotopic (exact) mass is 501 g/mol. The number of phenolic OH excluding ortho intramolecular Hbond substituents is 1.